The minimum absolute atomic E-state index is 0.00382. The van der Waals surface area contributed by atoms with Crippen molar-refractivity contribution in [2.75, 3.05) is 18.8 Å². The van der Waals surface area contributed by atoms with Crippen molar-refractivity contribution >= 4 is 59.1 Å². The van der Waals surface area contributed by atoms with Crippen LogP contribution in [0.2, 0.25) is 0 Å². The molecule has 0 aliphatic carbocycles. The molecular formula is C26H41N11O5S. The second-order valence-electron chi connectivity index (χ2n) is 9.77. The van der Waals surface area contributed by atoms with E-state index in [2.05, 4.69) is 43.5 Å². The lowest BCUT2D eigenvalue weighted by molar-refractivity contribution is -0.142. The van der Waals surface area contributed by atoms with E-state index in [1.54, 1.807) is 6.20 Å². The maximum atomic E-state index is 13.3. The van der Waals surface area contributed by atoms with Gasteiger partial charge < -0.3 is 54.7 Å². The van der Waals surface area contributed by atoms with Gasteiger partial charge in [-0.25, -0.2) is 4.79 Å². The molecule has 1 aromatic heterocycles. The third-order valence-electron chi connectivity index (χ3n) is 6.41. The lowest BCUT2D eigenvalue weighted by atomic mass is 10.0. The van der Waals surface area contributed by atoms with E-state index in [0.717, 1.165) is 10.9 Å². The smallest absolute Gasteiger partial charge is 0.326 e. The molecule has 16 nitrogen and oxygen atoms in total. The van der Waals surface area contributed by atoms with Gasteiger partial charge in [0.15, 0.2) is 11.9 Å². The molecule has 0 fully saturated rings. The SMILES string of the molecule is NC(N)=NCCCC(N)C(=O)NC(CS)C(=O)NC(CCCN=C(N)N)C(=O)NC(Cc1c[nH]c2ccccc12)C(=O)O. The summed E-state index contributed by atoms with van der Waals surface area (Å²) in [5, 5.41) is 18.3. The zero-order chi connectivity index (χ0) is 31.9. The summed E-state index contributed by atoms with van der Waals surface area (Å²) in [6, 6.07) is 2.84. The molecule has 0 spiro atoms. The van der Waals surface area contributed by atoms with E-state index in [-0.39, 0.29) is 56.4 Å². The van der Waals surface area contributed by atoms with Crippen LogP contribution in [0.15, 0.2) is 40.4 Å². The number of nitrogens with two attached hydrogens (primary N) is 5. The summed E-state index contributed by atoms with van der Waals surface area (Å²) in [5.41, 5.74) is 28.7. The number of carbonyl (C=O) groups is 4. The van der Waals surface area contributed by atoms with E-state index in [1.165, 1.54) is 0 Å². The highest BCUT2D eigenvalue weighted by Gasteiger charge is 2.30. The van der Waals surface area contributed by atoms with Crippen molar-refractivity contribution in [2.45, 2.75) is 56.3 Å². The minimum atomic E-state index is -1.29. The first-order valence-corrected chi connectivity index (χ1v) is 14.2. The van der Waals surface area contributed by atoms with E-state index in [9.17, 15) is 24.3 Å². The summed E-state index contributed by atoms with van der Waals surface area (Å²) in [4.78, 5) is 61.9. The number of guanidine groups is 2. The number of carbonyl (C=O) groups excluding carboxylic acids is 3. The molecule has 15 N–H and O–H groups in total. The fourth-order valence-corrected chi connectivity index (χ4v) is 4.42. The fraction of sp³-hybridized carbons (Fsp3) is 0.462. The first kappa shape index (κ1) is 34.7. The predicted octanol–water partition coefficient (Wildman–Crippen LogP) is -2.39. The third-order valence-corrected chi connectivity index (χ3v) is 6.78. The Morgan fingerprint density at radius 3 is 2.00 bits per heavy atom. The number of thiol groups is 1. The van der Waals surface area contributed by atoms with Crippen LogP contribution in [0.4, 0.5) is 0 Å². The fourth-order valence-electron chi connectivity index (χ4n) is 4.16. The Balaban J connectivity index is 2.11. The van der Waals surface area contributed by atoms with Crippen molar-refractivity contribution < 1.29 is 24.3 Å². The number of aliphatic carboxylic acids is 1. The Morgan fingerprint density at radius 1 is 0.837 bits per heavy atom. The molecule has 4 unspecified atom stereocenters. The number of hydrogen-bond acceptors (Lipinski definition) is 8. The zero-order valence-corrected chi connectivity index (χ0v) is 24.6. The van der Waals surface area contributed by atoms with Crippen LogP contribution >= 0.6 is 12.6 Å². The monoisotopic (exact) mass is 619 g/mol. The minimum Gasteiger partial charge on any atom is -0.480 e. The van der Waals surface area contributed by atoms with Crippen molar-refractivity contribution in [3.05, 3.63) is 36.0 Å². The van der Waals surface area contributed by atoms with Crippen LogP contribution < -0.4 is 44.6 Å². The highest BCUT2D eigenvalue weighted by Crippen LogP contribution is 2.19. The quantitative estimate of drug-likeness (QED) is 0.0364. The van der Waals surface area contributed by atoms with Crippen LogP contribution in [0.5, 0.6) is 0 Å². The molecule has 2 rings (SSSR count). The number of aliphatic imine (C=N–C) groups is 2. The topological polar surface area (TPSA) is 295 Å². The molecular weight excluding hydrogens is 578 g/mol. The van der Waals surface area contributed by atoms with E-state index in [4.69, 9.17) is 28.7 Å². The maximum Gasteiger partial charge on any atom is 0.326 e. The molecule has 0 aliphatic heterocycles. The highest BCUT2D eigenvalue weighted by atomic mass is 32.1. The molecule has 0 radical (unpaired) electrons. The predicted molar refractivity (Wildman–Crippen MR) is 167 cm³/mol. The molecule has 1 heterocycles. The van der Waals surface area contributed by atoms with Gasteiger partial charge in [-0.3, -0.25) is 24.4 Å². The normalized spacial score (nSPS) is 13.6. The molecule has 0 aliphatic rings. The average Bonchev–Trinajstić information content (AvgIpc) is 3.37. The standard InChI is InChI=1S/C26H41N11O5S/c27-16(6-3-9-32-25(28)29)21(38)37-20(13-43)23(40)35-18(8-4-10-33-26(30)31)22(39)36-19(24(41)42)11-14-12-34-17-7-2-1-5-15(14)17/h1-2,5,7,12,16,18-20,34,43H,3-4,6,8-11,13,27H2,(H,35,40)(H,36,39)(H,37,38)(H,41,42)(H4,28,29,32)(H4,30,31,33). The van der Waals surface area contributed by atoms with E-state index in [0.29, 0.717) is 12.0 Å². The number of H-pyrrole nitrogens is 1. The van der Waals surface area contributed by atoms with Gasteiger partial charge in [0.25, 0.3) is 0 Å². The number of fused-ring (bicyclic) bond motifs is 1. The van der Waals surface area contributed by atoms with E-state index in [1.807, 2.05) is 24.3 Å². The number of benzene rings is 1. The van der Waals surface area contributed by atoms with Gasteiger partial charge in [0, 0.05) is 42.4 Å². The number of carboxylic acids is 1. The van der Waals surface area contributed by atoms with Crippen molar-refractivity contribution in [1.82, 2.24) is 20.9 Å². The second kappa shape index (κ2) is 17.4. The van der Waals surface area contributed by atoms with Crippen LogP contribution in [0, 0.1) is 0 Å². The Morgan fingerprint density at radius 2 is 1.40 bits per heavy atom. The van der Waals surface area contributed by atoms with Gasteiger partial charge >= 0.3 is 5.97 Å². The van der Waals surface area contributed by atoms with Crippen molar-refractivity contribution in [3.8, 4) is 0 Å². The number of para-hydroxylation sites is 1. The number of amides is 3. The van der Waals surface area contributed by atoms with Gasteiger partial charge in [-0.15, -0.1) is 0 Å². The summed E-state index contributed by atoms with van der Waals surface area (Å²) < 4.78 is 0. The van der Waals surface area contributed by atoms with Gasteiger partial charge in [0.1, 0.15) is 18.1 Å². The van der Waals surface area contributed by atoms with Gasteiger partial charge in [-0.2, -0.15) is 12.6 Å². The highest BCUT2D eigenvalue weighted by molar-refractivity contribution is 7.80. The molecule has 2 aromatic rings. The number of carboxylic acid groups (broad SMARTS) is 1. The molecule has 3 amide bonds. The summed E-state index contributed by atoms with van der Waals surface area (Å²) in [6.07, 6.45) is 2.74. The lowest BCUT2D eigenvalue weighted by Crippen LogP contribution is -2.57. The molecule has 0 bridgehead atoms. The molecule has 1 aromatic carbocycles. The van der Waals surface area contributed by atoms with Crippen molar-refractivity contribution in [3.63, 3.8) is 0 Å². The van der Waals surface area contributed by atoms with Gasteiger partial charge in [0.05, 0.1) is 6.04 Å². The van der Waals surface area contributed by atoms with Crippen LogP contribution in [-0.4, -0.2) is 88.7 Å². The number of nitrogens with zero attached hydrogens (tertiary/aromatic N) is 2. The molecule has 0 saturated carbocycles. The van der Waals surface area contributed by atoms with Gasteiger partial charge in [0.2, 0.25) is 17.7 Å². The Kier molecular flexibility index (Phi) is 14.1. The number of rotatable bonds is 18. The van der Waals surface area contributed by atoms with E-state index >= 15 is 0 Å². The van der Waals surface area contributed by atoms with Crippen LogP contribution in [-0.2, 0) is 25.6 Å². The van der Waals surface area contributed by atoms with Gasteiger partial charge in [-0.05, 0) is 37.3 Å². The van der Waals surface area contributed by atoms with Crippen LogP contribution in [0.1, 0.15) is 31.2 Å². The largest absolute Gasteiger partial charge is 0.480 e. The summed E-state index contributed by atoms with van der Waals surface area (Å²) in [6.45, 7) is 0.454. The first-order chi connectivity index (χ1) is 20.4. The van der Waals surface area contributed by atoms with Crippen molar-refractivity contribution in [2.24, 2.45) is 38.7 Å². The van der Waals surface area contributed by atoms with Crippen molar-refractivity contribution in [1.29, 1.82) is 0 Å². The molecule has 4 atom stereocenters. The zero-order valence-electron chi connectivity index (χ0n) is 23.7. The Bertz CT molecular complexity index is 1310. The first-order valence-electron chi connectivity index (χ1n) is 13.6. The Hall–Kier alpha value is -4.51. The van der Waals surface area contributed by atoms with Gasteiger partial charge in [-0.1, -0.05) is 18.2 Å². The van der Waals surface area contributed by atoms with Crippen LogP contribution in [0.25, 0.3) is 10.9 Å². The number of aromatic nitrogens is 1. The van der Waals surface area contributed by atoms with Crippen LogP contribution in [0.3, 0.4) is 0 Å². The number of nitrogens with one attached hydrogen (secondary N) is 4. The summed E-state index contributed by atoms with van der Waals surface area (Å²) >= 11 is 4.16. The van der Waals surface area contributed by atoms with E-state index < -0.39 is 47.9 Å². The lowest BCUT2D eigenvalue weighted by Gasteiger charge is -2.24. The molecule has 43 heavy (non-hydrogen) atoms. The summed E-state index contributed by atoms with van der Waals surface area (Å²) in [5.74, 6) is -3.60. The molecule has 0 saturated heterocycles. The number of aromatic amines is 1. The second-order valence-corrected chi connectivity index (χ2v) is 10.1. The third kappa shape index (κ3) is 11.7. The maximum absolute atomic E-state index is 13.3. The average molecular weight is 620 g/mol. The number of hydrogen-bond donors (Lipinski definition) is 11. The summed E-state index contributed by atoms with van der Waals surface area (Å²) in [7, 11) is 0. The molecule has 17 heteroatoms. The Labute approximate surface area is 254 Å². The molecule has 236 valence electrons.